The van der Waals surface area contributed by atoms with Crippen LogP contribution in [0.25, 0.3) is 0 Å². The molecule has 0 aliphatic carbocycles. The number of aromatic hydroxyl groups is 1. The molecule has 0 amide bonds. The van der Waals surface area contributed by atoms with Crippen molar-refractivity contribution in [3.8, 4) is 5.75 Å². The van der Waals surface area contributed by atoms with Crippen LogP contribution in [0, 0.1) is 0 Å². The van der Waals surface area contributed by atoms with Crippen molar-refractivity contribution in [1.29, 1.82) is 0 Å². The van der Waals surface area contributed by atoms with Gasteiger partial charge in [0.05, 0.1) is 11.2 Å². The lowest BCUT2D eigenvalue weighted by Crippen LogP contribution is -2.41. The summed E-state index contributed by atoms with van der Waals surface area (Å²) >= 11 is 0. The van der Waals surface area contributed by atoms with E-state index in [1.165, 1.54) is 11.1 Å². The predicted octanol–water partition coefficient (Wildman–Crippen LogP) is 6.34. The molecule has 1 heterocycles. The summed E-state index contributed by atoms with van der Waals surface area (Å²) in [5.74, 6) is 0.207. The number of rotatable bonds is 5. The van der Waals surface area contributed by atoms with E-state index in [2.05, 4.69) is 82.3 Å². The van der Waals surface area contributed by atoms with Gasteiger partial charge in [-0.25, -0.2) is 0 Å². The molecule has 1 aliphatic rings. The zero-order valence-corrected chi connectivity index (χ0v) is 21.8. The molecule has 0 spiro atoms. The van der Waals surface area contributed by atoms with Gasteiger partial charge in [-0.2, -0.15) is 0 Å². The summed E-state index contributed by atoms with van der Waals surface area (Å²) in [6.07, 6.45) is 0. The van der Waals surface area contributed by atoms with Gasteiger partial charge < -0.3 is 14.4 Å². The first-order chi connectivity index (χ1) is 15.8. The highest BCUT2D eigenvalue weighted by Gasteiger charge is 2.54. The first kappa shape index (κ1) is 24.6. The molecule has 1 N–H and O–H groups in total. The molecular formula is C30H37BO3. The third kappa shape index (κ3) is 4.08. The fourth-order valence-electron chi connectivity index (χ4n) is 4.76. The lowest BCUT2D eigenvalue weighted by molar-refractivity contribution is 0.00578. The first-order valence-electron chi connectivity index (χ1n) is 12.1. The molecule has 1 fully saturated rings. The van der Waals surface area contributed by atoms with E-state index in [0.29, 0.717) is 5.46 Å². The third-order valence-electron chi connectivity index (χ3n) is 8.03. The van der Waals surface area contributed by atoms with Crippen LogP contribution in [0.15, 0.2) is 72.8 Å². The fourth-order valence-corrected chi connectivity index (χ4v) is 4.76. The van der Waals surface area contributed by atoms with Crippen molar-refractivity contribution < 1.29 is 14.4 Å². The summed E-state index contributed by atoms with van der Waals surface area (Å²) in [6, 6.07) is 25.0. The van der Waals surface area contributed by atoms with Crippen molar-refractivity contribution in [2.24, 2.45) is 0 Å². The van der Waals surface area contributed by atoms with Crippen LogP contribution in [-0.2, 0) is 20.1 Å². The Labute approximate surface area is 205 Å². The van der Waals surface area contributed by atoms with Gasteiger partial charge >= 0.3 is 7.12 Å². The maximum Gasteiger partial charge on any atom is 0.498 e. The zero-order valence-electron chi connectivity index (χ0n) is 21.8. The van der Waals surface area contributed by atoms with E-state index in [9.17, 15) is 5.11 Å². The second-order valence-corrected chi connectivity index (χ2v) is 11.5. The Hall–Kier alpha value is -2.56. The second-order valence-electron chi connectivity index (χ2n) is 11.5. The molecule has 3 aromatic carbocycles. The quantitative estimate of drug-likeness (QED) is 0.455. The molecule has 0 bridgehead atoms. The second kappa shape index (κ2) is 8.28. The standard InChI is InChI=1S/C30H37BO3/c1-27(2,21-15-11-9-12-16-21)23-19-24(28(3,4)22-17-13-10-14-18-22)26(25(32)20-23)31-33-29(5,6)30(7,8)34-31/h9-20,32H,1-8H3. The van der Waals surface area contributed by atoms with Crippen LogP contribution in [0.1, 0.15) is 77.6 Å². The summed E-state index contributed by atoms with van der Waals surface area (Å²) in [5, 5.41) is 11.5. The lowest BCUT2D eigenvalue weighted by Gasteiger charge is -2.33. The number of phenolic OH excluding ortho intramolecular Hbond substituents is 1. The smallest absolute Gasteiger partial charge is 0.498 e. The molecule has 0 radical (unpaired) electrons. The van der Waals surface area contributed by atoms with E-state index < -0.39 is 18.3 Å². The molecule has 4 heteroatoms. The lowest BCUT2D eigenvalue weighted by atomic mass is 9.64. The predicted molar refractivity (Wildman–Crippen MR) is 141 cm³/mol. The van der Waals surface area contributed by atoms with E-state index in [1.807, 2.05) is 45.9 Å². The van der Waals surface area contributed by atoms with E-state index in [4.69, 9.17) is 9.31 Å². The van der Waals surface area contributed by atoms with Gasteiger partial charge in [0.25, 0.3) is 0 Å². The molecule has 34 heavy (non-hydrogen) atoms. The average Bonchev–Trinajstić information content (AvgIpc) is 3.00. The molecule has 0 aromatic heterocycles. The van der Waals surface area contributed by atoms with Gasteiger partial charge in [-0.05, 0) is 56.0 Å². The van der Waals surface area contributed by atoms with Crippen LogP contribution in [-0.4, -0.2) is 23.4 Å². The fraction of sp³-hybridized carbons (Fsp3) is 0.400. The Morgan fingerprint density at radius 3 is 1.56 bits per heavy atom. The number of benzene rings is 3. The maximum atomic E-state index is 11.5. The SMILES string of the molecule is CC(C)(c1ccccc1)c1cc(O)c(B2OC(C)(C)C(C)(C)O2)c(C(C)(C)c2ccccc2)c1. The normalized spacial score (nSPS) is 17.7. The minimum absolute atomic E-state index is 0.207. The summed E-state index contributed by atoms with van der Waals surface area (Å²) in [7, 11) is -0.656. The third-order valence-corrected chi connectivity index (χ3v) is 8.03. The molecule has 4 rings (SSSR count). The highest BCUT2D eigenvalue weighted by atomic mass is 16.7. The Bertz CT molecular complexity index is 1150. The van der Waals surface area contributed by atoms with E-state index >= 15 is 0 Å². The van der Waals surface area contributed by atoms with Crippen molar-refractivity contribution in [3.05, 3.63) is 95.1 Å². The van der Waals surface area contributed by atoms with Crippen molar-refractivity contribution in [1.82, 2.24) is 0 Å². The van der Waals surface area contributed by atoms with E-state index in [-0.39, 0.29) is 16.6 Å². The largest absolute Gasteiger partial charge is 0.508 e. The van der Waals surface area contributed by atoms with Gasteiger partial charge in [0.15, 0.2) is 0 Å². The van der Waals surface area contributed by atoms with Crippen LogP contribution in [0.5, 0.6) is 5.75 Å². The molecular weight excluding hydrogens is 419 g/mol. The van der Waals surface area contributed by atoms with Gasteiger partial charge in [0.2, 0.25) is 0 Å². The zero-order chi connectivity index (χ0) is 24.9. The van der Waals surface area contributed by atoms with Crippen LogP contribution in [0.4, 0.5) is 0 Å². The summed E-state index contributed by atoms with van der Waals surface area (Å²) in [5.41, 5.74) is 3.45. The molecule has 1 saturated heterocycles. The number of hydrogen-bond acceptors (Lipinski definition) is 3. The highest BCUT2D eigenvalue weighted by molar-refractivity contribution is 6.63. The maximum absolute atomic E-state index is 11.5. The van der Waals surface area contributed by atoms with Gasteiger partial charge in [0, 0.05) is 16.3 Å². The van der Waals surface area contributed by atoms with Crippen LogP contribution in [0.3, 0.4) is 0 Å². The first-order valence-corrected chi connectivity index (χ1v) is 12.1. The molecule has 178 valence electrons. The Kier molecular flexibility index (Phi) is 5.99. The monoisotopic (exact) mass is 456 g/mol. The number of hydrogen-bond donors (Lipinski definition) is 1. The average molecular weight is 456 g/mol. The minimum Gasteiger partial charge on any atom is -0.508 e. The molecule has 1 aliphatic heterocycles. The van der Waals surface area contributed by atoms with E-state index in [0.717, 1.165) is 11.1 Å². The summed E-state index contributed by atoms with van der Waals surface area (Å²) in [6.45, 7) is 17.0. The van der Waals surface area contributed by atoms with Crippen molar-refractivity contribution in [2.75, 3.05) is 0 Å². The topological polar surface area (TPSA) is 38.7 Å². The van der Waals surface area contributed by atoms with Crippen LogP contribution >= 0.6 is 0 Å². The van der Waals surface area contributed by atoms with Crippen molar-refractivity contribution >= 4 is 12.6 Å². The Morgan fingerprint density at radius 1 is 0.647 bits per heavy atom. The van der Waals surface area contributed by atoms with Crippen LogP contribution < -0.4 is 5.46 Å². The summed E-state index contributed by atoms with van der Waals surface area (Å²) < 4.78 is 12.9. The Morgan fingerprint density at radius 2 is 1.09 bits per heavy atom. The summed E-state index contributed by atoms with van der Waals surface area (Å²) in [4.78, 5) is 0. The van der Waals surface area contributed by atoms with Gasteiger partial charge in [-0.1, -0.05) is 94.4 Å². The Balaban J connectivity index is 1.94. The van der Waals surface area contributed by atoms with Crippen molar-refractivity contribution in [2.45, 2.75) is 77.4 Å². The molecule has 3 aromatic rings. The highest BCUT2D eigenvalue weighted by Crippen LogP contribution is 2.42. The molecule has 0 unspecified atom stereocenters. The minimum atomic E-state index is -0.656. The van der Waals surface area contributed by atoms with Crippen LogP contribution in [0.2, 0.25) is 0 Å². The molecule has 0 atom stereocenters. The molecule has 3 nitrogen and oxygen atoms in total. The van der Waals surface area contributed by atoms with Gasteiger partial charge in [0.1, 0.15) is 5.75 Å². The molecule has 0 saturated carbocycles. The van der Waals surface area contributed by atoms with Gasteiger partial charge in [-0.15, -0.1) is 0 Å². The number of phenols is 1. The van der Waals surface area contributed by atoms with E-state index in [1.54, 1.807) is 0 Å². The van der Waals surface area contributed by atoms with Gasteiger partial charge in [-0.3, -0.25) is 0 Å². The van der Waals surface area contributed by atoms with Crippen molar-refractivity contribution in [3.63, 3.8) is 0 Å².